The van der Waals surface area contributed by atoms with E-state index in [1.54, 1.807) is 30.3 Å². The summed E-state index contributed by atoms with van der Waals surface area (Å²) in [5.41, 5.74) is 1.17. The molecule has 0 bridgehead atoms. The zero-order chi connectivity index (χ0) is 21.4. The fourth-order valence-corrected chi connectivity index (χ4v) is 3.65. The number of benzene rings is 1. The number of aliphatic hydroxyl groups excluding tert-OH is 2. The number of carbonyl (C=O) groups excluding carboxylic acids is 2. The Morgan fingerprint density at radius 3 is 2.34 bits per heavy atom. The molecule has 0 aromatic heterocycles. The second-order valence-corrected chi connectivity index (χ2v) is 7.27. The quantitative estimate of drug-likeness (QED) is 0.383. The number of Topliss-reactive ketones (excluding diaryl/α,β-unsaturated/α-hetero) is 1. The highest BCUT2D eigenvalue weighted by molar-refractivity contribution is 6.00. The van der Waals surface area contributed by atoms with Gasteiger partial charge in [0.2, 0.25) is 0 Å². The summed E-state index contributed by atoms with van der Waals surface area (Å²) >= 11 is 0. The van der Waals surface area contributed by atoms with Crippen LogP contribution >= 0.6 is 0 Å². The lowest BCUT2D eigenvalue weighted by atomic mass is 9.92. The average Bonchev–Trinajstić information content (AvgIpc) is 2.98. The van der Waals surface area contributed by atoms with Gasteiger partial charge in [-0.25, -0.2) is 0 Å². The van der Waals surface area contributed by atoms with Gasteiger partial charge < -0.3 is 20.1 Å². The lowest BCUT2D eigenvalue weighted by Gasteiger charge is -2.24. The Kier molecular flexibility index (Phi) is 8.54. The molecule has 1 aromatic carbocycles. The second-order valence-electron chi connectivity index (χ2n) is 7.27. The first-order valence-electron chi connectivity index (χ1n) is 9.87. The Hall–Kier alpha value is -2.51. The Balaban J connectivity index is 2.15. The molecule has 0 heterocycles. The molecule has 158 valence electrons. The molecule has 3 N–H and O–H groups in total. The molecule has 1 aliphatic rings. The fourth-order valence-electron chi connectivity index (χ4n) is 3.65. The highest BCUT2D eigenvalue weighted by Crippen LogP contribution is 2.36. The molecule has 1 aromatic rings. The number of allylic oxidation sites excluding steroid dienone is 1. The third-order valence-corrected chi connectivity index (χ3v) is 5.04. The van der Waals surface area contributed by atoms with Crippen LogP contribution in [0.2, 0.25) is 0 Å². The van der Waals surface area contributed by atoms with Gasteiger partial charge in [0.1, 0.15) is 18.3 Å². The third kappa shape index (κ3) is 6.51. The minimum Gasteiger partial charge on any atom is -0.481 e. The van der Waals surface area contributed by atoms with E-state index in [0.717, 1.165) is 12.8 Å². The van der Waals surface area contributed by atoms with Crippen molar-refractivity contribution in [1.82, 2.24) is 0 Å². The van der Waals surface area contributed by atoms with Gasteiger partial charge in [0.25, 0.3) is 0 Å². The van der Waals surface area contributed by atoms with Crippen LogP contribution in [0.5, 0.6) is 0 Å². The predicted octanol–water partition coefficient (Wildman–Crippen LogP) is 2.71. The molecule has 29 heavy (non-hydrogen) atoms. The van der Waals surface area contributed by atoms with Crippen molar-refractivity contribution in [3.8, 4) is 0 Å². The van der Waals surface area contributed by atoms with E-state index in [9.17, 15) is 24.6 Å². The Morgan fingerprint density at radius 2 is 1.72 bits per heavy atom. The van der Waals surface area contributed by atoms with E-state index in [4.69, 9.17) is 9.84 Å². The van der Waals surface area contributed by atoms with Crippen molar-refractivity contribution in [3.05, 3.63) is 47.0 Å². The van der Waals surface area contributed by atoms with E-state index in [-0.39, 0.29) is 24.2 Å². The maximum atomic E-state index is 12.5. The number of aliphatic hydroxyl groups is 2. The summed E-state index contributed by atoms with van der Waals surface area (Å²) in [6.45, 7) is 1.24. The molecule has 0 aliphatic heterocycles. The van der Waals surface area contributed by atoms with Crippen LogP contribution in [0.1, 0.15) is 63.5 Å². The average molecular weight is 404 g/mol. The molecule has 0 fully saturated rings. The van der Waals surface area contributed by atoms with E-state index >= 15 is 0 Å². The maximum Gasteiger partial charge on any atom is 0.303 e. The highest BCUT2D eigenvalue weighted by atomic mass is 16.5. The predicted molar refractivity (Wildman–Crippen MR) is 105 cm³/mol. The molecule has 7 nitrogen and oxygen atoms in total. The van der Waals surface area contributed by atoms with Gasteiger partial charge in [-0.2, -0.15) is 0 Å². The first-order chi connectivity index (χ1) is 13.8. The molecule has 3 unspecified atom stereocenters. The van der Waals surface area contributed by atoms with Crippen LogP contribution in [-0.4, -0.2) is 45.2 Å². The number of carboxylic acids is 1. The number of ketones is 1. The lowest BCUT2D eigenvalue weighted by Crippen LogP contribution is -2.29. The normalized spacial score (nSPS) is 18.6. The smallest absolute Gasteiger partial charge is 0.303 e. The van der Waals surface area contributed by atoms with E-state index in [1.165, 1.54) is 6.92 Å². The lowest BCUT2D eigenvalue weighted by molar-refractivity contribution is -0.145. The molecule has 3 atom stereocenters. The second kappa shape index (κ2) is 10.9. The van der Waals surface area contributed by atoms with Gasteiger partial charge in [-0.1, -0.05) is 43.2 Å². The van der Waals surface area contributed by atoms with Crippen molar-refractivity contribution in [2.24, 2.45) is 0 Å². The zero-order valence-corrected chi connectivity index (χ0v) is 16.5. The van der Waals surface area contributed by atoms with Crippen LogP contribution in [0, 0.1) is 0 Å². The number of carboxylic acid groups (broad SMARTS) is 1. The number of unbranched alkanes of at least 4 members (excludes halogenated alkanes) is 3. The van der Waals surface area contributed by atoms with Crippen LogP contribution < -0.4 is 0 Å². The van der Waals surface area contributed by atoms with E-state index < -0.39 is 30.3 Å². The summed E-state index contributed by atoms with van der Waals surface area (Å²) in [5, 5.41) is 30.1. The van der Waals surface area contributed by atoms with Gasteiger partial charge in [-0.3, -0.25) is 14.4 Å². The van der Waals surface area contributed by atoms with Gasteiger partial charge in [0.15, 0.2) is 5.78 Å². The monoisotopic (exact) mass is 404 g/mol. The minimum atomic E-state index is -1.37. The molecule has 0 saturated carbocycles. The molecule has 0 amide bonds. The molecular formula is C22H28O7. The number of carbonyl (C=O) groups is 3. The molecule has 0 spiro atoms. The fraction of sp³-hybridized carbons (Fsp3) is 0.500. The van der Waals surface area contributed by atoms with Crippen LogP contribution in [0.15, 0.2) is 41.5 Å². The summed E-state index contributed by atoms with van der Waals surface area (Å²) < 4.78 is 5.25. The van der Waals surface area contributed by atoms with Gasteiger partial charge in [0, 0.05) is 24.5 Å². The molecule has 0 radical (unpaired) electrons. The van der Waals surface area contributed by atoms with Crippen molar-refractivity contribution in [1.29, 1.82) is 0 Å². The van der Waals surface area contributed by atoms with Gasteiger partial charge in [-0.15, -0.1) is 0 Å². The van der Waals surface area contributed by atoms with Crippen molar-refractivity contribution in [3.63, 3.8) is 0 Å². The standard InChI is InChI=1S/C22H28O7/c1-14(23)29-18-13-17(24)16(11-7-2-3-8-12-19(25)26)20(18)22(28)21(27)15-9-5-4-6-10-15/h4-6,9-10,18,21-22,27-28H,2-3,7-8,11-13H2,1H3,(H,25,26). The number of hydrogen-bond donors (Lipinski definition) is 3. The molecule has 2 rings (SSSR count). The minimum absolute atomic E-state index is 0.0399. The number of esters is 1. The summed E-state index contributed by atoms with van der Waals surface area (Å²) in [7, 11) is 0. The molecular weight excluding hydrogens is 376 g/mol. The van der Waals surface area contributed by atoms with Crippen LogP contribution in [0.4, 0.5) is 0 Å². The van der Waals surface area contributed by atoms with Crippen LogP contribution in [0.3, 0.4) is 0 Å². The number of hydrogen-bond acceptors (Lipinski definition) is 6. The highest BCUT2D eigenvalue weighted by Gasteiger charge is 2.40. The topological polar surface area (TPSA) is 121 Å². The summed E-state index contributed by atoms with van der Waals surface area (Å²) in [6.07, 6.45) is -0.348. The third-order valence-electron chi connectivity index (χ3n) is 5.04. The van der Waals surface area contributed by atoms with E-state index in [2.05, 4.69) is 0 Å². The first-order valence-corrected chi connectivity index (χ1v) is 9.87. The summed E-state index contributed by atoms with van der Waals surface area (Å²) in [5.74, 6) is -1.59. The van der Waals surface area contributed by atoms with Crippen molar-refractivity contribution in [2.45, 2.75) is 70.2 Å². The Labute approximate surface area is 170 Å². The van der Waals surface area contributed by atoms with Crippen molar-refractivity contribution in [2.75, 3.05) is 0 Å². The largest absolute Gasteiger partial charge is 0.481 e. The number of aliphatic carboxylic acids is 1. The van der Waals surface area contributed by atoms with Crippen LogP contribution in [-0.2, 0) is 19.1 Å². The van der Waals surface area contributed by atoms with E-state index in [1.807, 2.05) is 0 Å². The first kappa shape index (κ1) is 22.8. The van der Waals surface area contributed by atoms with Gasteiger partial charge in [-0.05, 0) is 24.8 Å². The number of rotatable bonds is 11. The zero-order valence-electron chi connectivity index (χ0n) is 16.5. The van der Waals surface area contributed by atoms with Crippen molar-refractivity contribution >= 4 is 17.7 Å². The summed E-state index contributed by atoms with van der Waals surface area (Å²) in [4.78, 5) is 34.6. The SMILES string of the molecule is CC(=O)OC1CC(=O)C(CCCCCCC(=O)O)=C1C(O)C(O)c1ccccc1. The van der Waals surface area contributed by atoms with Crippen molar-refractivity contribution < 1.29 is 34.4 Å². The Morgan fingerprint density at radius 1 is 1.07 bits per heavy atom. The van der Waals surface area contributed by atoms with Crippen LogP contribution in [0.25, 0.3) is 0 Å². The van der Waals surface area contributed by atoms with Gasteiger partial charge in [0.05, 0.1) is 6.42 Å². The molecule has 7 heteroatoms. The van der Waals surface area contributed by atoms with Gasteiger partial charge >= 0.3 is 11.9 Å². The Bertz CT molecular complexity index is 754. The summed E-state index contributed by atoms with van der Waals surface area (Å²) in [6, 6.07) is 8.61. The molecule has 0 saturated heterocycles. The number of ether oxygens (including phenoxy) is 1. The maximum absolute atomic E-state index is 12.5. The van der Waals surface area contributed by atoms with E-state index in [0.29, 0.717) is 30.4 Å². The molecule has 1 aliphatic carbocycles.